The van der Waals surface area contributed by atoms with E-state index in [4.69, 9.17) is 4.74 Å². The van der Waals surface area contributed by atoms with Gasteiger partial charge in [0.2, 0.25) is 0 Å². The first-order valence-electron chi connectivity index (χ1n) is 6.92. The molecule has 1 aliphatic carbocycles. The van der Waals surface area contributed by atoms with Crippen molar-refractivity contribution in [1.29, 1.82) is 0 Å². The molecule has 0 amide bonds. The Morgan fingerprint density at radius 1 is 1.37 bits per heavy atom. The molecule has 1 fully saturated rings. The molecule has 0 saturated heterocycles. The minimum atomic E-state index is -1.43. The molecule has 0 radical (unpaired) electrons. The summed E-state index contributed by atoms with van der Waals surface area (Å²) in [5, 5.41) is 18.9. The fourth-order valence-electron chi connectivity index (χ4n) is 2.43. The summed E-state index contributed by atoms with van der Waals surface area (Å²) in [6.07, 6.45) is 3.61. The first kappa shape index (κ1) is 14.4. The van der Waals surface area contributed by atoms with Gasteiger partial charge in [-0.05, 0) is 49.0 Å². The molecular weight excluding hydrogens is 241 g/mol. The van der Waals surface area contributed by atoms with Crippen molar-refractivity contribution in [3.63, 3.8) is 0 Å². The summed E-state index contributed by atoms with van der Waals surface area (Å²) in [6.45, 7) is 3.97. The van der Waals surface area contributed by atoms with E-state index in [0.717, 1.165) is 30.8 Å². The lowest BCUT2D eigenvalue weighted by molar-refractivity contribution is 0.255. The van der Waals surface area contributed by atoms with Crippen LogP contribution in [0, 0.1) is 0 Å². The maximum Gasteiger partial charge on any atom is 0.488 e. The highest BCUT2D eigenvalue weighted by Crippen LogP contribution is 2.28. The average molecular weight is 263 g/mol. The Balaban J connectivity index is 2.19. The van der Waals surface area contributed by atoms with E-state index in [9.17, 15) is 10.0 Å². The highest BCUT2D eigenvalue weighted by Gasteiger charge is 2.29. The lowest BCUT2D eigenvalue weighted by Gasteiger charge is -2.23. The molecule has 2 rings (SSSR count). The quantitative estimate of drug-likeness (QED) is 0.713. The fourth-order valence-corrected chi connectivity index (χ4v) is 2.43. The van der Waals surface area contributed by atoms with Gasteiger partial charge in [-0.15, -0.1) is 0 Å². The van der Waals surface area contributed by atoms with Crippen molar-refractivity contribution < 1.29 is 14.8 Å². The fraction of sp³-hybridized carbons (Fsp3) is 0.571. The Bertz CT molecular complexity index is 421. The van der Waals surface area contributed by atoms with E-state index in [1.165, 1.54) is 12.8 Å². The van der Waals surface area contributed by atoms with E-state index >= 15 is 0 Å². The molecule has 0 atom stereocenters. The number of nitrogens with zero attached hydrogens (tertiary/aromatic N) is 1. The Kier molecular flexibility index (Phi) is 4.85. The van der Waals surface area contributed by atoms with Crippen LogP contribution >= 0.6 is 0 Å². The smallest absolute Gasteiger partial charge is 0.488 e. The van der Waals surface area contributed by atoms with Gasteiger partial charge in [0.05, 0.1) is 7.11 Å². The van der Waals surface area contributed by atoms with Gasteiger partial charge in [-0.2, -0.15) is 0 Å². The predicted octanol–water partition coefficient (Wildman–Crippen LogP) is 0.749. The normalized spacial score (nSPS) is 14.8. The van der Waals surface area contributed by atoms with Gasteiger partial charge < -0.3 is 14.8 Å². The molecule has 104 valence electrons. The van der Waals surface area contributed by atoms with Crippen LogP contribution in [-0.4, -0.2) is 41.8 Å². The molecular formula is C14H22BNO3. The van der Waals surface area contributed by atoms with Crippen molar-refractivity contribution in [3.8, 4) is 5.75 Å². The molecule has 19 heavy (non-hydrogen) atoms. The highest BCUT2D eigenvalue weighted by atomic mass is 16.5. The van der Waals surface area contributed by atoms with E-state index in [-0.39, 0.29) is 0 Å². The van der Waals surface area contributed by atoms with Gasteiger partial charge >= 0.3 is 7.12 Å². The van der Waals surface area contributed by atoms with Gasteiger partial charge in [0.1, 0.15) is 5.75 Å². The summed E-state index contributed by atoms with van der Waals surface area (Å²) in [6, 6.07) is 6.06. The number of rotatable bonds is 7. The minimum absolute atomic E-state index is 0.572. The Labute approximate surface area is 115 Å². The van der Waals surface area contributed by atoms with Gasteiger partial charge in [-0.1, -0.05) is 13.0 Å². The summed E-state index contributed by atoms with van der Waals surface area (Å²) in [7, 11) is 0.197. The summed E-state index contributed by atoms with van der Waals surface area (Å²) in [5.74, 6) is 0.756. The second-order valence-electron chi connectivity index (χ2n) is 5.14. The molecule has 0 aliphatic heterocycles. The van der Waals surface area contributed by atoms with E-state index < -0.39 is 7.12 Å². The zero-order chi connectivity index (χ0) is 13.8. The summed E-state index contributed by atoms with van der Waals surface area (Å²) < 4.78 is 5.23. The van der Waals surface area contributed by atoms with Crippen LogP contribution in [-0.2, 0) is 6.54 Å². The van der Waals surface area contributed by atoms with E-state index in [1.54, 1.807) is 19.2 Å². The largest absolute Gasteiger partial charge is 0.497 e. The maximum atomic E-state index is 9.46. The van der Waals surface area contributed by atoms with Gasteiger partial charge in [0.25, 0.3) is 0 Å². The Morgan fingerprint density at radius 2 is 2.11 bits per heavy atom. The number of benzene rings is 1. The number of methoxy groups -OCH3 is 1. The molecule has 0 spiro atoms. The van der Waals surface area contributed by atoms with Gasteiger partial charge in [-0.3, -0.25) is 4.90 Å². The summed E-state index contributed by atoms with van der Waals surface area (Å²) >= 11 is 0. The van der Waals surface area contributed by atoms with Crippen LogP contribution in [0.2, 0.25) is 0 Å². The van der Waals surface area contributed by atoms with Crippen LogP contribution in [0.15, 0.2) is 18.2 Å². The average Bonchev–Trinajstić information content (AvgIpc) is 3.22. The van der Waals surface area contributed by atoms with Crippen LogP contribution in [0.4, 0.5) is 0 Å². The molecule has 2 N–H and O–H groups in total. The first-order chi connectivity index (χ1) is 9.15. The van der Waals surface area contributed by atoms with Crippen molar-refractivity contribution >= 4 is 12.6 Å². The van der Waals surface area contributed by atoms with Crippen LogP contribution in [0.5, 0.6) is 5.75 Å². The van der Waals surface area contributed by atoms with Crippen molar-refractivity contribution in [3.05, 3.63) is 23.8 Å². The number of ether oxygens (including phenoxy) is 1. The topological polar surface area (TPSA) is 52.9 Å². The first-order valence-corrected chi connectivity index (χ1v) is 6.92. The van der Waals surface area contributed by atoms with E-state index in [0.29, 0.717) is 11.5 Å². The second kappa shape index (κ2) is 6.41. The minimum Gasteiger partial charge on any atom is -0.497 e. The van der Waals surface area contributed by atoms with Crippen molar-refractivity contribution in [2.24, 2.45) is 0 Å². The third-order valence-electron chi connectivity index (χ3n) is 3.58. The summed E-state index contributed by atoms with van der Waals surface area (Å²) in [4.78, 5) is 2.42. The molecule has 4 nitrogen and oxygen atoms in total. The van der Waals surface area contributed by atoms with E-state index in [1.807, 2.05) is 6.07 Å². The Morgan fingerprint density at radius 3 is 2.63 bits per heavy atom. The lowest BCUT2D eigenvalue weighted by atomic mass is 9.77. The van der Waals surface area contributed by atoms with Gasteiger partial charge in [-0.25, -0.2) is 0 Å². The third-order valence-corrected chi connectivity index (χ3v) is 3.58. The van der Waals surface area contributed by atoms with Crippen molar-refractivity contribution in [2.45, 2.75) is 38.8 Å². The van der Waals surface area contributed by atoms with Crippen LogP contribution in [0.25, 0.3) is 0 Å². The number of hydrogen-bond acceptors (Lipinski definition) is 4. The van der Waals surface area contributed by atoms with Crippen molar-refractivity contribution in [2.75, 3.05) is 13.7 Å². The second-order valence-corrected chi connectivity index (χ2v) is 5.14. The molecule has 1 saturated carbocycles. The molecule has 0 heterocycles. The maximum absolute atomic E-state index is 9.46. The van der Waals surface area contributed by atoms with Crippen LogP contribution < -0.4 is 10.2 Å². The predicted molar refractivity (Wildman–Crippen MR) is 76.5 cm³/mol. The Hall–Kier alpha value is -1.04. The van der Waals surface area contributed by atoms with Crippen LogP contribution in [0.1, 0.15) is 31.7 Å². The molecule has 0 aromatic heterocycles. The van der Waals surface area contributed by atoms with Crippen molar-refractivity contribution in [1.82, 2.24) is 4.90 Å². The lowest BCUT2D eigenvalue weighted by Crippen LogP contribution is -2.36. The standard InChI is InChI=1S/C14H22BNO3/c1-3-8-16(12-4-5-12)10-11-9-13(19-2)6-7-14(11)15(17)18/h6-7,9,12,17-18H,3-5,8,10H2,1-2H3. The number of hydrogen-bond donors (Lipinski definition) is 2. The monoisotopic (exact) mass is 263 g/mol. The van der Waals surface area contributed by atoms with E-state index in [2.05, 4.69) is 11.8 Å². The SMILES string of the molecule is CCCN(Cc1cc(OC)ccc1B(O)O)C1CC1. The molecule has 1 aromatic carbocycles. The molecule has 1 aliphatic rings. The zero-order valence-electron chi connectivity index (χ0n) is 11.7. The van der Waals surface area contributed by atoms with Crippen LogP contribution in [0.3, 0.4) is 0 Å². The van der Waals surface area contributed by atoms with Gasteiger partial charge in [0.15, 0.2) is 0 Å². The highest BCUT2D eigenvalue weighted by molar-refractivity contribution is 6.59. The van der Waals surface area contributed by atoms with Gasteiger partial charge in [0, 0.05) is 12.6 Å². The molecule has 1 aromatic rings. The third kappa shape index (κ3) is 3.72. The zero-order valence-corrected chi connectivity index (χ0v) is 11.7. The molecule has 0 bridgehead atoms. The molecule has 5 heteroatoms. The molecule has 0 unspecified atom stereocenters. The summed E-state index contributed by atoms with van der Waals surface area (Å²) in [5.41, 5.74) is 1.51.